The number of nitrogens with zero attached hydrogens (tertiary/aromatic N) is 3. The summed E-state index contributed by atoms with van der Waals surface area (Å²) in [5, 5.41) is 14.2. The van der Waals surface area contributed by atoms with Gasteiger partial charge >= 0.3 is 0 Å². The van der Waals surface area contributed by atoms with Crippen molar-refractivity contribution < 1.29 is 14.3 Å². The molecule has 6 heteroatoms. The maximum Gasteiger partial charge on any atom is 0.274 e. The summed E-state index contributed by atoms with van der Waals surface area (Å²) in [6, 6.07) is 8.05. The molecule has 2 fully saturated rings. The van der Waals surface area contributed by atoms with Gasteiger partial charge in [-0.05, 0) is 55.2 Å². The molecule has 1 saturated heterocycles. The first-order chi connectivity index (χ1) is 12.0. The molecule has 0 bridgehead atoms. The molecule has 2 aromatic rings. The molecule has 4 rings (SSSR count). The Labute approximate surface area is 146 Å². The number of hydrogen-bond acceptors (Lipinski definition) is 3. The van der Waals surface area contributed by atoms with Crippen molar-refractivity contribution in [3.05, 3.63) is 41.8 Å². The maximum atomic E-state index is 13.1. The molecule has 25 heavy (non-hydrogen) atoms. The molecular weight excluding hydrogens is 321 g/mol. The number of likely N-dealkylation sites (tertiary alicyclic amines) is 1. The van der Waals surface area contributed by atoms with Gasteiger partial charge < -0.3 is 10.0 Å². The van der Waals surface area contributed by atoms with Crippen LogP contribution in [-0.2, 0) is 7.05 Å². The average Bonchev–Trinajstić information content (AvgIpc) is 3.28. The highest BCUT2D eigenvalue weighted by Gasteiger charge is 2.51. The van der Waals surface area contributed by atoms with Crippen molar-refractivity contribution >= 4 is 5.91 Å². The molecule has 132 valence electrons. The Balaban J connectivity index is 1.61. The van der Waals surface area contributed by atoms with Crippen molar-refractivity contribution in [1.29, 1.82) is 0 Å². The summed E-state index contributed by atoms with van der Waals surface area (Å²) in [6.07, 6.45) is 3.85. The molecule has 0 spiro atoms. The van der Waals surface area contributed by atoms with Gasteiger partial charge in [0.1, 0.15) is 5.82 Å². The van der Waals surface area contributed by atoms with E-state index in [-0.39, 0.29) is 29.8 Å². The number of benzene rings is 1. The van der Waals surface area contributed by atoms with Gasteiger partial charge in [0, 0.05) is 25.0 Å². The van der Waals surface area contributed by atoms with E-state index in [0.717, 1.165) is 36.9 Å². The van der Waals surface area contributed by atoms with Crippen LogP contribution < -0.4 is 0 Å². The predicted molar refractivity (Wildman–Crippen MR) is 91.4 cm³/mol. The fourth-order valence-electron chi connectivity index (χ4n) is 4.51. The molecule has 1 aliphatic heterocycles. The highest BCUT2D eigenvalue weighted by atomic mass is 19.1. The van der Waals surface area contributed by atoms with E-state index in [0.29, 0.717) is 12.2 Å². The highest BCUT2D eigenvalue weighted by Crippen LogP contribution is 2.48. The number of halogens is 1. The molecular formula is C19H22FN3O2. The second-order valence-corrected chi connectivity index (χ2v) is 7.22. The monoisotopic (exact) mass is 343 g/mol. The van der Waals surface area contributed by atoms with E-state index in [1.807, 2.05) is 4.90 Å². The first-order valence-corrected chi connectivity index (χ1v) is 8.76. The van der Waals surface area contributed by atoms with Crippen molar-refractivity contribution in [1.82, 2.24) is 14.7 Å². The molecule has 5 nitrogen and oxygen atoms in total. The zero-order chi connectivity index (χ0) is 17.6. The summed E-state index contributed by atoms with van der Waals surface area (Å²) < 4.78 is 14.8. The summed E-state index contributed by atoms with van der Waals surface area (Å²) in [7, 11) is 1.78. The normalized spacial score (nSPS) is 25.4. The molecule has 2 aliphatic rings. The minimum Gasteiger partial charge on any atom is -0.396 e. The van der Waals surface area contributed by atoms with Crippen LogP contribution >= 0.6 is 0 Å². The van der Waals surface area contributed by atoms with Gasteiger partial charge in [0.2, 0.25) is 0 Å². The van der Waals surface area contributed by atoms with Gasteiger partial charge in [-0.3, -0.25) is 9.48 Å². The molecule has 2 atom stereocenters. The zero-order valence-corrected chi connectivity index (χ0v) is 14.3. The van der Waals surface area contributed by atoms with Crippen LogP contribution in [0.15, 0.2) is 30.3 Å². The van der Waals surface area contributed by atoms with Gasteiger partial charge in [-0.2, -0.15) is 5.10 Å². The molecule has 1 aromatic carbocycles. The molecule has 1 aromatic heterocycles. The predicted octanol–water partition coefficient (Wildman–Crippen LogP) is 2.60. The minimum atomic E-state index is -0.291. The lowest BCUT2D eigenvalue weighted by molar-refractivity contribution is 0.0618. The smallest absolute Gasteiger partial charge is 0.274 e. The Kier molecular flexibility index (Phi) is 3.87. The second kappa shape index (κ2) is 5.95. The molecule has 1 aliphatic carbocycles. The van der Waals surface area contributed by atoms with Gasteiger partial charge in [-0.25, -0.2) is 4.39 Å². The third-order valence-corrected chi connectivity index (χ3v) is 5.90. The van der Waals surface area contributed by atoms with Crippen molar-refractivity contribution in [3.63, 3.8) is 0 Å². The van der Waals surface area contributed by atoms with E-state index in [2.05, 4.69) is 5.10 Å². The number of carbonyl (C=O) groups excluding carboxylic acids is 1. The largest absolute Gasteiger partial charge is 0.396 e. The molecule has 0 unspecified atom stereocenters. The molecule has 1 N–H and O–H groups in total. The Morgan fingerprint density at radius 2 is 2.12 bits per heavy atom. The Morgan fingerprint density at radius 1 is 1.36 bits per heavy atom. The minimum absolute atomic E-state index is 0.0776. The maximum absolute atomic E-state index is 13.1. The van der Waals surface area contributed by atoms with Crippen LogP contribution in [0.1, 0.15) is 36.2 Å². The summed E-state index contributed by atoms with van der Waals surface area (Å²) in [4.78, 5) is 14.9. The first-order valence-electron chi connectivity index (χ1n) is 8.76. The van der Waals surface area contributed by atoms with Gasteiger partial charge in [-0.1, -0.05) is 6.42 Å². The summed E-state index contributed by atoms with van der Waals surface area (Å²) in [5.41, 5.74) is 1.89. The van der Waals surface area contributed by atoms with E-state index < -0.39 is 0 Å². The summed E-state index contributed by atoms with van der Waals surface area (Å²) in [5.74, 6) is -0.368. The highest BCUT2D eigenvalue weighted by molar-refractivity contribution is 5.94. The van der Waals surface area contributed by atoms with Gasteiger partial charge in [0.05, 0.1) is 12.3 Å². The fourth-order valence-corrected chi connectivity index (χ4v) is 4.51. The standard InChI is InChI=1S/C19H22FN3O2/c1-22-16(13-4-6-14(20)7-5-13)11-15(21-22)18(25)23-10-9-19(12-24)8-2-3-17(19)23/h4-7,11,17,24H,2-3,8-10,12H2,1H3/t17-,19-/m1/s1. The van der Waals surface area contributed by atoms with E-state index in [1.54, 1.807) is 29.9 Å². The number of amides is 1. The van der Waals surface area contributed by atoms with Crippen molar-refractivity contribution in [3.8, 4) is 11.3 Å². The SMILES string of the molecule is Cn1nc(C(=O)N2CC[C@@]3(CO)CCC[C@@H]23)cc1-c1ccc(F)cc1. The third-order valence-electron chi connectivity index (χ3n) is 5.90. The van der Waals surface area contributed by atoms with Crippen LogP contribution in [0.4, 0.5) is 4.39 Å². The first kappa shape index (κ1) is 16.3. The third kappa shape index (κ3) is 2.56. The van der Waals surface area contributed by atoms with Gasteiger partial charge in [0.25, 0.3) is 5.91 Å². The van der Waals surface area contributed by atoms with E-state index in [9.17, 15) is 14.3 Å². The number of aliphatic hydroxyl groups is 1. The van der Waals surface area contributed by atoms with Crippen LogP contribution in [0.3, 0.4) is 0 Å². The number of hydrogen-bond donors (Lipinski definition) is 1. The van der Waals surface area contributed by atoms with E-state index >= 15 is 0 Å². The van der Waals surface area contributed by atoms with Gasteiger partial charge in [-0.15, -0.1) is 0 Å². The number of aliphatic hydroxyl groups excluding tert-OH is 1. The molecule has 2 heterocycles. The van der Waals surface area contributed by atoms with Gasteiger partial charge in [0.15, 0.2) is 5.69 Å². The van der Waals surface area contributed by atoms with Crippen LogP contribution in [0, 0.1) is 11.2 Å². The number of aromatic nitrogens is 2. The van der Waals surface area contributed by atoms with E-state index in [1.165, 1.54) is 12.1 Å². The summed E-state index contributed by atoms with van der Waals surface area (Å²) in [6.45, 7) is 0.816. The topological polar surface area (TPSA) is 58.4 Å². The number of fused-ring (bicyclic) bond motifs is 1. The molecule has 1 amide bonds. The lowest BCUT2D eigenvalue weighted by atomic mass is 9.83. The van der Waals surface area contributed by atoms with Crippen LogP contribution in [-0.4, -0.2) is 44.9 Å². The van der Waals surface area contributed by atoms with Crippen LogP contribution in [0.5, 0.6) is 0 Å². The van der Waals surface area contributed by atoms with Crippen LogP contribution in [0.2, 0.25) is 0 Å². The summed E-state index contributed by atoms with van der Waals surface area (Å²) >= 11 is 0. The van der Waals surface area contributed by atoms with Crippen LogP contribution in [0.25, 0.3) is 11.3 Å². The van der Waals surface area contributed by atoms with Crippen molar-refractivity contribution in [2.24, 2.45) is 12.5 Å². The second-order valence-electron chi connectivity index (χ2n) is 7.22. The number of carbonyl (C=O) groups is 1. The fraction of sp³-hybridized carbons (Fsp3) is 0.474. The average molecular weight is 343 g/mol. The number of rotatable bonds is 3. The zero-order valence-electron chi connectivity index (χ0n) is 14.3. The lowest BCUT2D eigenvalue weighted by Gasteiger charge is -2.30. The number of aryl methyl sites for hydroxylation is 1. The van der Waals surface area contributed by atoms with Crippen molar-refractivity contribution in [2.45, 2.75) is 31.7 Å². The lowest BCUT2D eigenvalue weighted by Crippen LogP contribution is -2.41. The van der Waals surface area contributed by atoms with Crippen molar-refractivity contribution in [2.75, 3.05) is 13.2 Å². The Hall–Kier alpha value is -2.21. The van der Waals surface area contributed by atoms with E-state index in [4.69, 9.17) is 0 Å². The quantitative estimate of drug-likeness (QED) is 0.932. The molecule has 0 radical (unpaired) electrons. The molecule has 1 saturated carbocycles. The Morgan fingerprint density at radius 3 is 2.84 bits per heavy atom. The Bertz CT molecular complexity index is 802.